The van der Waals surface area contributed by atoms with Crippen molar-refractivity contribution in [3.63, 3.8) is 0 Å². The van der Waals surface area contributed by atoms with Crippen LogP contribution in [-0.2, 0) is 9.53 Å². The first-order valence-corrected chi connectivity index (χ1v) is 7.16. The number of anilines is 1. The molecule has 1 heterocycles. The fourth-order valence-electron chi connectivity index (χ4n) is 2.22. The minimum absolute atomic E-state index is 0.0742. The van der Waals surface area contributed by atoms with E-state index >= 15 is 0 Å². The predicted octanol–water partition coefficient (Wildman–Crippen LogP) is 0.635. The van der Waals surface area contributed by atoms with E-state index in [2.05, 4.69) is 10.6 Å². The van der Waals surface area contributed by atoms with Crippen LogP contribution >= 0.6 is 0 Å². The van der Waals surface area contributed by atoms with Crippen molar-refractivity contribution in [3.05, 3.63) is 29.8 Å². The molecular formula is C15H19N3O3. The summed E-state index contributed by atoms with van der Waals surface area (Å²) < 4.78 is 5.17. The molecule has 1 aromatic rings. The summed E-state index contributed by atoms with van der Waals surface area (Å²) in [6, 6.07) is 7.14. The molecule has 6 heteroatoms. The zero-order chi connectivity index (χ0) is 14.9. The molecule has 1 atom stereocenters. The van der Waals surface area contributed by atoms with Gasteiger partial charge >= 0.3 is 0 Å². The van der Waals surface area contributed by atoms with E-state index in [1.165, 1.54) is 0 Å². The van der Waals surface area contributed by atoms with E-state index in [4.69, 9.17) is 10.5 Å². The average Bonchev–Trinajstić information content (AvgIpc) is 3.17. The minimum atomic E-state index is -0.956. The van der Waals surface area contributed by atoms with Crippen LogP contribution in [0.25, 0.3) is 0 Å². The van der Waals surface area contributed by atoms with Gasteiger partial charge in [-0.3, -0.25) is 9.59 Å². The number of nitrogens with one attached hydrogen (secondary N) is 2. The second-order valence-corrected chi connectivity index (χ2v) is 5.74. The van der Waals surface area contributed by atoms with Gasteiger partial charge in [-0.2, -0.15) is 0 Å². The van der Waals surface area contributed by atoms with Gasteiger partial charge in [0.05, 0.1) is 6.61 Å². The van der Waals surface area contributed by atoms with E-state index < -0.39 is 5.54 Å². The molecule has 4 N–H and O–H groups in total. The van der Waals surface area contributed by atoms with Gasteiger partial charge in [0, 0.05) is 23.9 Å². The molecule has 0 aromatic heterocycles. The highest BCUT2D eigenvalue weighted by Crippen LogP contribution is 2.21. The molecule has 0 bridgehead atoms. The summed E-state index contributed by atoms with van der Waals surface area (Å²) in [4.78, 5) is 24.0. The number of amides is 2. The van der Waals surface area contributed by atoms with Crippen LogP contribution in [0.1, 0.15) is 29.6 Å². The maximum Gasteiger partial charge on any atom is 0.251 e. The van der Waals surface area contributed by atoms with Crippen molar-refractivity contribution in [1.82, 2.24) is 5.32 Å². The third kappa shape index (κ3) is 3.22. The molecule has 1 saturated heterocycles. The summed E-state index contributed by atoms with van der Waals surface area (Å²) in [6.45, 7) is 0.741. The van der Waals surface area contributed by atoms with Crippen molar-refractivity contribution < 1.29 is 14.3 Å². The average molecular weight is 289 g/mol. The van der Waals surface area contributed by atoms with Gasteiger partial charge in [0.15, 0.2) is 0 Å². The maximum atomic E-state index is 12.1. The summed E-state index contributed by atoms with van der Waals surface area (Å²) in [6.07, 6.45) is 2.63. The number of ether oxygens (including phenoxy) is 1. The third-order valence-corrected chi connectivity index (χ3v) is 3.82. The standard InChI is InChI=1S/C15H19N3O3/c16-15(7-8-21-9-15)14(20)18-12-3-1-10(2-4-12)13(19)17-11-5-6-11/h1-4,11H,5-9,16H2,(H,17,19)(H,18,20). The summed E-state index contributed by atoms with van der Waals surface area (Å²) in [5.41, 5.74) is 6.25. The summed E-state index contributed by atoms with van der Waals surface area (Å²) >= 11 is 0. The molecular weight excluding hydrogens is 270 g/mol. The quantitative estimate of drug-likeness (QED) is 0.758. The van der Waals surface area contributed by atoms with Gasteiger partial charge in [-0.05, 0) is 43.5 Å². The second kappa shape index (κ2) is 5.46. The van der Waals surface area contributed by atoms with Crippen molar-refractivity contribution >= 4 is 17.5 Å². The fraction of sp³-hybridized carbons (Fsp3) is 0.467. The van der Waals surface area contributed by atoms with Crippen LogP contribution in [0.5, 0.6) is 0 Å². The Hall–Kier alpha value is -1.92. The van der Waals surface area contributed by atoms with Crippen LogP contribution in [0.2, 0.25) is 0 Å². The molecule has 2 aliphatic rings. The Kier molecular flexibility index (Phi) is 3.65. The topological polar surface area (TPSA) is 93.5 Å². The Balaban J connectivity index is 1.61. The fourth-order valence-corrected chi connectivity index (χ4v) is 2.22. The lowest BCUT2D eigenvalue weighted by Gasteiger charge is -2.20. The van der Waals surface area contributed by atoms with Crippen LogP contribution in [0.3, 0.4) is 0 Å². The summed E-state index contributed by atoms with van der Waals surface area (Å²) in [5, 5.41) is 5.69. The maximum absolute atomic E-state index is 12.1. The predicted molar refractivity (Wildman–Crippen MR) is 77.9 cm³/mol. The number of hydrogen-bond acceptors (Lipinski definition) is 4. The highest BCUT2D eigenvalue weighted by molar-refractivity contribution is 5.99. The lowest BCUT2D eigenvalue weighted by molar-refractivity contribution is -0.121. The Morgan fingerprint density at radius 3 is 2.52 bits per heavy atom. The number of hydrogen-bond donors (Lipinski definition) is 3. The number of benzene rings is 1. The zero-order valence-electron chi connectivity index (χ0n) is 11.7. The van der Waals surface area contributed by atoms with Crippen LogP contribution in [0.4, 0.5) is 5.69 Å². The van der Waals surface area contributed by atoms with E-state index in [1.807, 2.05) is 0 Å². The number of nitrogens with two attached hydrogens (primary N) is 1. The molecule has 21 heavy (non-hydrogen) atoms. The summed E-state index contributed by atoms with van der Waals surface area (Å²) in [7, 11) is 0. The molecule has 112 valence electrons. The molecule has 6 nitrogen and oxygen atoms in total. The van der Waals surface area contributed by atoms with E-state index in [9.17, 15) is 9.59 Å². The molecule has 2 amide bonds. The number of carbonyl (C=O) groups is 2. The zero-order valence-corrected chi connectivity index (χ0v) is 11.7. The third-order valence-electron chi connectivity index (χ3n) is 3.82. The Morgan fingerprint density at radius 1 is 1.24 bits per heavy atom. The van der Waals surface area contributed by atoms with Crippen LogP contribution in [0, 0.1) is 0 Å². The van der Waals surface area contributed by atoms with E-state index in [0.29, 0.717) is 30.3 Å². The first kappa shape index (κ1) is 14.0. The first-order valence-electron chi connectivity index (χ1n) is 7.16. The van der Waals surface area contributed by atoms with Gasteiger partial charge in [0.1, 0.15) is 5.54 Å². The molecule has 2 fully saturated rings. The van der Waals surface area contributed by atoms with Crippen molar-refractivity contribution in [2.75, 3.05) is 18.5 Å². The lowest BCUT2D eigenvalue weighted by atomic mass is 9.99. The number of rotatable bonds is 4. The first-order chi connectivity index (χ1) is 10.1. The highest BCUT2D eigenvalue weighted by atomic mass is 16.5. The molecule has 0 spiro atoms. The van der Waals surface area contributed by atoms with Crippen LogP contribution in [0.15, 0.2) is 24.3 Å². The molecule has 0 radical (unpaired) electrons. The van der Waals surface area contributed by atoms with Crippen molar-refractivity contribution in [3.8, 4) is 0 Å². The van der Waals surface area contributed by atoms with Crippen molar-refractivity contribution in [1.29, 1.82) is 0 Å². The Bertz CT molecular complexity index is 546. The van der Waals surface area contributed by atoms with E-state index in [1.54, 1.807) is 24.3 Å². The monoisotopic (exact) mass is 289 g/mol. The van der Waals surface area contributed by atoms with Crippen LogP contribution < -0.4 is 16.4 Å². The van der Waals surface area contributed by atoms with Crippen molar-refractivity contribution in [2.24, 2.45) is 5.73 Å². The normalized spacial score (nSPS) is 24.6. The lowest BCUT2D eigenvalue weighted by Crippen LogP contribution is -2.51. The largest absolute Gasteiger partial charge is 0.379 e. The number of carbonyl (C=O) groups excluding carboxylic acids is 2. The van der Waals surface area contributed by atoms with E-state index in [0.717, 1.165) is 12.8 Å². The van der Waals surface area contributed by atoms with Gasteiger partial charge in [0.25, 0.3) is 5.91 Å². The van der Waals surface area contributed by atoms with Gasteiger partial charge < -0.3 is 21.1 Å². The molecule has 1 unspecified atom stereocenters. The summed E-state index contributed by atoms with van der Waals surface area (Å²) in [5.74, 6) is -0.329. The van der Waals surface area contributed by atoms with Gasteiger partial charge in [-0.25, -0.2) is 0 Å². The molecule has 1 aliphatic carbocycles. The smallest absolute Gasteiger partial charge is 0.251 e. The SMILES string of the molecule is NC1(C(=O)Nc2ccc(C(=O)NC3CC3)cc2)CCOC1. The minimum Gasteiger partial charge on any atom is -0.379 e. The van der Waals surface area contributed by atoms with Crippen LogP contribution in [-0.4, -0.2) is 36.6 Å². The Labute approximate surface area is 123 Å². The van der Waals surface area contributed by atoms with Gasteiger partial charge in [-0.1, -0.05) is 0 Å². The highest BCUT2D eigenvalue weighted by Gasteiger charge is 2.38. The molecule has 1 aromatic carbocycles. The van der Waals surface area contributed by atoms with Crippen molar-refractivity contribution in [2.45, 2.75) is 30.8 Å². The van der Waals surface area contributed by atoms with Gasteiger partial charge in [-0.15, -0.1) is 0 Å². The van der Waals surface area contributed by atoms with Gasteiger partial charge in [0.2, 0.25) is 5.91 Å². The second-order valence-electron chi connectivity index (χ2n) is 5.74. The molecule has 1 aliphatic heterocycles. The molecule has 3 rings (SSSR count). The van der Waals surface area contributed by atoms with E-state index in [-0.39, 0.29) is 18.4 Å². The Morgan fingerprint density at radius 2 is 1.95 bits per heavy atom. The molecule has 1 saturated carbocycles.